The molecule has 6 nitrogen and oxygen atoms in total. The van der Waals surface area contributed by atoms with Crippen LogP contribution in [0.3, 0.4) is 0 Å². The zero-order chi connectivity index (χ0) is 25.0. The summed E-state index contributed by atoms with van der Waals surface area (Å²) in [7, 11) is 0. The van der Waals surface area contributed by atoms with Crippen molar-refractivity contribution in [1.82, 2.24) is 23.8 Å². The zero-order valence-corrected chi connectivity index (χ0v) is 21.0. The number of rotatable bonds is 7. The second-order valence-electron chi connectivity index (χ2n) is 9.76. The van der Waals surface area contributed by atoms with Gasteiger partial charge in [-0.25, -0.2) is 4.98 Å². The molecule has 37 heavy (non-hydrogen) atoms. The van der Waals surface area contributed by atoms with Gasteiger partial charge >= 0.3 is 0 Å². The van der Waals surface area contributed by atoms with E-state index in [0.29, 0.717) is 5.56 Å². The van der Waals surface area contributed by atoms with Gasteiger partial charge in [0.1, 0.15) is 5.65 Å². The molecule has 1 aromatic carbocycles. The molecule has 0 aliphatic carbocycles. The van der Waals surface area contributed by atoms with Crippen molar-refractivity contribution < 1.29 is 0 Å². The molecule has 6 heteroatoms. The highest BCUT2D eigenvalue weighted by Crippen LogP contribution is 2.27. The van der Waals surface area contributed by atoms with Gasteiger partial charge in [-0.15, -0.1) is 0 Å². The van der Waals surface area contributed by atoms with E-state index in [1.165, 1.54) is 32.4 Å². The zero-order valence-electron chi connectivity index (χ0n) is 21.0. The van der Waals surface area contributed by atoms with E-state index < -0.39 is 0 Å². The lowest BCUT2D eigenvalue weighted by molar-refractivity contribution is 0.222. The molecule has 1 aliphatic heterocycles. The van der Waals surface area contributed by atoms with Gasteiger partial charge in [-0.1, -0.05) is 36.8 Å². The molecule has 0 atom stereocenters. The van der Waals surface area contributed by atoms with Crippen LogP contribution in [0.4, 0.5) is 0 Å². The fraction of sp³-hybridized carbons (Fsp3) is 0.258. The maximum absolute atomic E-state index is 13.3. The van der Waals surface area contributed by atoms with Crippen molar-refractivity contribution in [3.63, 3.8) is 0 Å². The molecule has 0 radical (unpaired) electrons. The third-order valence-electron chi connectivity index (χ3n) is 7.29. The van der Waals surface area contributed by atoms with Crippen molar-refractivity contribution in [1.29, 1.82) is 0 Å². The Bertz CT molecular complexity index is 1560. The smallest absolute Gasteiger partial charge is 0.258 e. The molecule has 5 heterocycles. The molecule has 186 valence electrons. The van der Waals surface area contributed by atoms with Crippen LogP contribution in [0.25, 0.3) is 39.3 Å². The summed E-state index contributed by atoms with van der Waals surface area (Å²) in [6.07, 6.45) is 12.5. The number of piperidine rings is 1. The van der Waals surface area contributed by atoms with Gasteiger partial charge in [0.15, 0.2) is 0 Å². The Morgan fingerprint density at radius 3 is 2.49 bits per heavy atom. The molecular formula is C31H31N5O. The van der Waals surface area contributed by atoms with Crippen molar-refractivity contribution in [2.45, 2.75) is 32.2 Å². The van der Waals surface area contributed by atoms with Crippen LogP contribution in [0.1, 0.15) is 25.7 Å². The standard InChI is InChI=1S/C31H31N5O/c37-31-27(11-7-18-35(31)19-8-17-34-15-5-2-6-16-34)25-13-20-36-29(23-33-30(36)22-25)26-12-14-32-28(21-26)24-9-3-1-4-10-24/h1,3-4,7,9-14,18,20-23H,2,5-6,8,15-17,19H2. The lowest BCUT2D eigenvalue weighted by Crippen LogP contribution is -2.31. The first-order chi connectivity index (χ1) is 18.3. The predicted molar refractivity (Wildman–Crippen MR) is 148 cm³/mol. The van der Waals surface area contributed by atoms with E-state index >= 15 is 0 Å². The van der Waals surface area contributed by atoms with Crippen LogP contribution in [0.15, 0.2) is 96.3 Å². The van der Waals surface area contributed by atoms with Gasteiger partial charge in [-0.2, -0.15) is 0 Å². The maximum Gasteiger partial charge on any atom is 0.258 e. The van der Waals surface area contributed by atoms with Crippen molar-refractivity contribution in [3.05, 3.63) is 102 Å². The molecule has 0 N–H and O–H groups in total. The topological polar surface area (TPSA) is 55.4 Å². The number of hydrogen-bond acceptors (Lipinski definition) is 4. The molecule has 0 unspecified atom stereocenters. The molecule has 5 aromatic rings. The fourth-order valence-electron chi connectivity index (χ4n) is 5.30. The van der Waals surface area contributed by atoms with Gasteiger partial charge in [0.25, 0.3) is 5.56 Å². The monoisotopic (exact) mass is 489 g/mol. The Labute approximate surface area is 216 Å². The number of likely N-dealkylation sites (tertiary alicyclic amines) is 1. The first-order valence-corrected chi connectivity index (χ1v) is 13.2. The van der Waals surface area contributed by atoms with Gasteiger partial charge in [0, 0.05) is 41.8 Å². The summed E-state index contributed by atoms with van der Waals surface area (Å²) in [6.45, 7) is 4.17. The summed E-state index contributed by atoms with van der Waals surface area (Å²) in [6, 6.07) is 22.2. The Kier molecular flexibility index (Phi) is 6.65. The summed E-state index contributed by atoms with van der Waals surface area (Å²) in [5.74, 6) is 0. The molecule has 4 aromatic heterocycles. The Hall–Kier alpha value is -4.03. The maximum atomic E-state index is 13.3. The Balaban J connectivity index is 1.24. The van der Waals surface area contributed by atoms with Crippen molar-refractivity contribution in [2.75, 3.05) is 19.6 Å². The highest BCUT2D eigenvalue weighted by Gasteiger charge is 2.13. The average molecular weight is 490 g/mol. The minimum absolute atomic E-state index is 0.0545. The Morgan fingerprint density at radius 2 is 1.62 bits per heavy atom. The number of pyridine rings is 3. The number of aromatic nitrogens is 4. The minimum Gasteiger partial charge on any atom is -0.315 e. The van der Waals surface area contributed by atoms with Crippen molar-refractivity contribution in [2.24, 2.45) is 0 Å². The van der Waals surface area contributed by atoms with Gasteiger partial charge < -0.3 is 9.47 Å². The number of fused-ring (bicyclic) bond motifs is 1. The highest BCUT2D eigenvalue weighted by atomic mass is 16.1. The number of aryl methyl sites for hydroxylation is 1. The molecule has 0 amide bonds. The van der Waals surface area contributed by atoms with Crippen LogP contribution in [0.2, 0.25) is 0 Å². The van der Waals surface area contributed by atoms with E-state index in [1.807, 2.05) is 77.9 Å². The SMILES string of the molecule is O=c1c(-c2ccn3c(-c4ccnc(-c5ccccc5)c4)cnc3c2)cccn1CCCN1CCCCC1. The number of imidazole rings is 1. The molecule has 0 spiro atoms. The molecule has 0 saturated carbocycles. The van der Waals surface area contributed by atoms with Gasteiger partial charge in [0.05, 0.1) is 17.6 Å². The van der Waals surface area contributed by atoms with Crippen LogP contribution in [0.5, 0.6) is 0 Å². The summed E-state index contributed by atoms with van der Waals surface area (Å²) in [5, 5.41) is 0. The fourth-order valence-corrected chi connectivity index (χ4v) is 5.30. The summed E-state index contributed by atoms with van der Waals surface area (Å²) in [5.41, 5.74) is 6.51. The second-order valence-corrected chi connectivity index (χ2v) is 9.76. The average Bonchev–Trinajstić information content (AvgIpc) is 3.38. The summed E-state index contributed by atoms with van der Waals surface area (Å²) in [4.78, 5) is 25.0. The first-order valence-electron chi connectivity index (χ1n) is 13.2. The Morgan fingerprint density at radius 1 is 0.757 bits per heavy atom. The van der Waals surface area contributed by atoms with E-state index in [4.69, 9.17) is 0 Å². The molecule has 0 bridgehead atoms. The van der Waals surface area contributed by atoms with Crippen LogP contribution < -0.4 is 5.56 Å². The molecule has 6 rings (SSSR count). The molecular weight excluding hydrogens is 458 g/mol. The third kappa shape index (κ3) is 4.98. The summed E-state index contributed by atoms with van der Waals surface area (Å²) < 4.78 is 3.91. The lowest BCUT2D eigenvalue weighted by Gasteiger charge is -2.26. The normalized spacial score (nSPS) is 14.3. The number of hydrogen-bond donors (Lipinski definition) is 0. The lowest BCUT2D eigenvalue weighted by atomic mass is 10.1. The van der Waals surface area contributed by atoms with Crippen LogP contribution >= 0.6 is 0 Å². The van der Waals surface area contributed by atoms with E-state index in [2.05, 4.69) is 37.5 Å². The predicted octanol–water partition coefficient (Wildman–Crippen LogP) is 5.77. The highest BCUT2D eigenvalue weighted by molar-refractivity contribution is 5.72. The van der Waals surface area contributed by atoms with Gasteiger partial charge in [-0.05, 0) is 80.9 Å². The summed E-state index contributed by atoms with van der Waals surface area (Å²) >= 11 is 0. The van der Waals surface area contributed by atoms with Crippen molar-refractivity contribution in [3.8, 4) is 33.6 Å². The third-order valence-corrected chi connectivity index (χ3v) is 7.29. The van der Waals surface area contributed by atoms with Crippen LogP contribution in [0, 0.1) is 0 Å². The number of benzene rings is 1. The van der Waals surface area contributed by atoms with Crippen molar-refractivity contribution >= 4 is 5.65 Å². The molecule has 1 saturated heterocycles. The first kappa shape index (κ1) is 23.4. The van der Waals surface area contributed by atoms with Gasteiger partial charge in [-0.3, -0.25) is 14.2 Å². The quantitative estimate of drug-likeness (QED) is 0.291. The van der Waals surface area contributed by atoms with Gasteiger partial charge in [0.2, 0.25) is 0 Å². The van der Waals surface area contributed by atoms with E-state index in [-0.39, 0.29) is 5.56 Å². The van der Waals surface area contributed by atoms with E-state index in [0.717, 1.165) is 53.2 Å². The van der Waals surface area contributed by atoms with Crippen LogP contribution in [-0.2, 0) is 6.54 Å². The second kappa shape index (κ2) is 10.5. The molecule has 1 aliphatic rings. The largest absolute Gasteiger partial charge is 0.315 e. The number of nitrogens with zero attached hydrogens (tertiary/aromatic N) is 5. The van der Waals surface area contributed by atoms with Crippen LogP contribution in [-0.4, -0.2) is 43.5 Å². The van der Waals surface area contributed by atoms with E-state index in [1.54, 1.807) is 0 Å². The minimum atomic E-state index is 0.0545. The van der Waals surface area contributed by atoms with E-state index in [9.17, 15) is 4.79 Å². The molecule has 1 fully saturated rings.